The minimum atomic E-state index is -3.41. The summed E-state index contributed by atoms with van der Waals surface area (Å²) in [6.45, 7) is 3.44. The Morgan fingerprint density at radius 1 is 1.14 bits per heavy atom. The van der Waals surface area contributed by atoms with Crippen molar-refractivity contribution in [2.45, 2.75) is 18.7 Å². The molecule has 0 aromatic heterocycles. The van der Waals surface area contributed by atoms with E-state index in [2.05, 4.69) is 5.32 Å². The standard InChI is InChI=1S/C16H17NO4S/c1-3-22(20,21)13-8-9-15(18)14(10-13)17-16(19)12-6-4-11(2)5-7-12/h4-10,18H,3H2,1-2H3,(H,17,19). The second-order valence-corrected chi connectivity index (χ2v) is 7.18. The molecule has 0 atom stereocenters. The van der Waals surface area contributed by atoms with Crippen molar-refractivity contribution in [1.29, 1.82) is 0 Å². The number of phenols is 1. The number of nitrogens with one attached hydrogen (secondary N) is 1. The number of benzene rings is 2. The first-order valence-corrected chi connectivity index (χ1v) is 8.42. The fraction of sp³-hybridized carbons (Fsp3) is 0.188. The van der Waals surface area contributed by atoms with E-state index in [9.17, 15) is 18.3 Å². The maximum Gasteiger partial charge on any atom is 0.255 e. The normalized spacial score (nSPS) is 11.2. The molecule has 2 aromatic rings. The molecule has 0 fully saturated rings. The SMILES string of the molecule is CCS(=O)(=O)c1ccc(O)c(NC(=O)c2ccc(C)cc2)c1. The number of sulfone groups is 1. The average Bonchev–Trinajstić information content (AvgIpc) is 2.50. The lowest BCUT2D eigenvalue weighted by molar-refractivity contribution is 0.102. The second-order valence-electron chi connectivity index (χ2n) is 4.90. The van der Waals surface area contributed by atoms with Crippen LogP contribution in [0.5, 0.6) is 5.75 Å². The molecule has 0 saturated carbocycles. The second kappa shape index (κ2) is 6.19. The maximum atomic E-state index is 12.1. The van der Waals surface area contributed by atoms with Gasteiger partial charge in [-0.25, -0.2) is 8.42 Å². The number of aromatic hydroxyl groups is 1. The van der Waals surface area contributed by atoms with Crippen molar-refractivity contribution in [3.8, 4) is 5.75 Å². The molecule has 2 rings (SSSR count). The molecule has 5 nitrogen and oxygen atoms in total. The van der Waals surface area contributed by atoms with Crippen molar-refractivity contribution in [3.05, 3.63) is 53.6 Å². The van der Waals surface area contributed by atoms with Crippen LogP contribution in [-0.2, 0) is 9.84 Å². The lowest BCUT2D eigenvalue weighted by Crippen LogP contribution is -2.13. The van der Waals surface area contributed by atoms with Crippen LogP contribution < -0.4 is 5.32 Å². The van der Waals surface area contributed by atoms with E-state index in [1.807, 2.05) is 6.92 Å². The van der Waals surface area contributed by atoms with E-state index < -0.39 is 15.7 Å². The molecular formula is C16H17NO4S. The number of carbonyl (C=O) groups excluding carboxylic acids is 1. The van der Waals surface area contributed by atoms with Gasteiger partial charge in [0.2, 0.25) is 0 Å². The third-order valence-electron chi connectivity index (χ3n) is 3.27. The van der Waals surface area contributed by atoms with E-state index in [4.69, 9.17) is 0 Å². The first-order chi connectivity index (χ1) is 10.3. The average molecular weight is 319 g/mol. The summed E-state index contributed by atoms with van der Waals surface area (Å²) in [5, 5.41) is 12.3. The number of hydrogen-bond donors (Lipinski definition) is 2. The Bertz CT molecular complexity index is 795. The van der Waals surface area contributed by atoms with Crippen LogP contribution in [0.25, 0.3) is 0 Å². The highest BCUT2D eigenvalue weighted by Gasteiger charge is 2.15. The van der Waals surface area contributed by atoms with Crippen LogP contribution in [0.2, 0.25) is 0 Å². The van der Waals surface area contributed by atoms with E-state index in [1.54, 1.807) is 24.3 Å². The van der Waals surface area contributed by atoms with Crippen LogP contribution >= 0.6 is 0 Å². The number of phenolic OH excluding ortho intramolecular Hbond substituents is 1. The van der Waals surface area contributed by atoms with Gasteiger partial charge in [0.25, 0.3) is 5.91 Å². The Morgan fingerprint density at radius 3 is 2.36 bits per heavy atom. The summed E-state index contributed by atoms with van der Waals surface area (Å²) in [7, 11) is -3.41. The first-order valence-electron chi connectivity index (χ1n) is 6.77. The smallest absolute Gasteiger partial charge is 0.255 e. The number of hydrogen-bond acceptors (Lipinski definition) is 4. The van der Waals surface area contributed by atoms with Gasteiger partial charge in [0.15, 0.2) is 9.84 Å². The number of anilines is 1. The highest BCUT2D eigenvalue weighted by Crippen LogP contribution is 2.27. The van der Waals surface area contributed by atoms with E-state index in [0.717, 1.165) is 5.56 Å². The van der Waals surface area contributed by atoms with Gasteiger partial charge in [-0.15, -0.1) is 0 Å². The number of aryl methyl sites for hydroxylation is 1. The monoisotopic (exact) mass is 319 g/mol. The molecule has 0 spiro atoms. The third kappa shape index (κ3) is 3.46. The Hall–Kier alpha value is -2.34. The van der Waals surface area contributed by atoms with Crippen molar-refractivity contribution in [3.63, 3.8) is 0 Å². The van der Waals surface area contributed by atoms with Crippen molar-refractivity contribution < 1.29 is 18.3 Å². The number of rotatable bonds is 4. The Labute approximate surface area is 129 Å². The molecule has 2 aromatic carbocycles. The Morgan fingerprint density at radius 2 is 1.77 bits per heavy atom. The third-order valence-corrected chi connectivity index (χ3v) is 5.00. The van der Waals surface area contributed by atoms with Gasteiger partial charge in [-0.2, -0.15) is 0 Å². The van der Waals surface area contributed by atoms with E-state index in [0.29, 0.717) is 5.56 Å². The van der Waals surface area contributed by atoms with Gasteiger partial charge in [0.1, 0.15) is 5.75 Å². The predicted molar refractivity (Wildman–Crippen MR) is 85.0 cm³/mol. The minimum Gasteiger partial charge on any atom is -0.506 e. The summed E-state index contributed by atoms with van der Waals surface area (Å²) in [5.74, 6) is -0.653. The summed E-state index contributed by atoms with van der Waals surface area (Å²) in [6.07, 6.45) is 0. The van der Waals surface area contributed by atoms with Crippen molar-refractivity contribution >= 4 is 21.4 Å². The summed E-state index contributed by atoms with van der Waals surface area (Å²) in [4.78, 5) is 12.2. The topological polar surface area (TPSA) is 83.5 Å². The lowest BCUT2D eigenvalue weighted by atomic mass is 10.1. The molecule has 0 unspecified atom stereocenters. The van der Waals surface area contributed by atoms with Gasteiger partial charge < -0.3 is 10.4 Å². The fourth-order valence-electron chi connectivity index (χ4n) is 1.87. The van der Waals surface area contributed by atoms with E-state index in [-0.39, 0.29) is 22.1 Å². The molecule has 0 aliphatic carbocycles. The molecule has 22 heavy (non-hydrogen) atoms. The molecule has 0 saturated heterocycles. The molecule has 116 valence electrons. The largest absolute Gasteiger partial charge is 0.506 e. The van der Waals surface area contributed by atoms with Gasteiger partial charge in [-0.1, -0.05) is 24.6 Å². The Balaban J connectivity index is 2.31. The highest BCUT2D eigenvalue weighted by atomic mass is 32.2. The molecule has 0 aliphatic heterocycles. The van der Waals surface area contributed by atoms with Gasteiger partial charge >= 0.3 is 0 Å². The van der Waals surface area contributed by atoms with Gasteiger partial charge in [0, 0.05) is 5.56 Å². The molecule has 6 heteroatoms. The molecule has 0 bridgehead atoms. The summed E-state index contributed by atoms with van der Waals surface area (Å²) >= 11 is 0. The van der Waals surface area contributed by atoms with Crippen LogP contribution in [0.15, 0.2) is 47.4 Å². The molecule has 0 aliphatic rings. The fourth-order valence-corrected chi connectivity index (χ4v) is 2.78. The quantitative estimate of drug-likeness (QED) is 0.849. The minimum absolute atomic E-state index is 0.0525. The molecule has 0 heterocycles. The van der Waals surface area contributed by atoms with Crippen molar-refractivity contribution in [1.82, 2.24) is 0 Å². The zero-order chi connectivity index (χ0) is 16.3. The van der Waals surface area contributed by atoms with Crippen molar-refractivity contribution in [2.75, 3.05) is 11.1 Å². The highest BCUT2D eigenvalue weighted by molar-refractivity contribution is 7.91. The van der Waals surface area contributed by atoms with Crippen molar-refractivity contribution in [2.24, 2.45) is 0 Å². The number of amides is 1. The first kappa shape index (κ1) is 16.0. The van der Waals surface area contributed by atoms with Crippen LogP contribution in [-0.4, -0.2) is 25.2 Å². The zero-order valence-electron chi connectivity index (χ0n) is 12.3. The van der Waals surface area contributed by atoms with E-state index >= 15 is 0 Å². The summed E-state index contributed by atoms with van der Waals surface area (Å²) < 4.78 is 23.7. The van der Waals surface area contributed by atoms with Crippen LogP contribution in [0.3, 0.4) is 0 Å². The zero-order valence-corrected chi connectivity index (χ0v) is 13.1. The maximum absolute atomic E-state index is 12.1. The summed E-state index contributed by atoms with van der Waals surface area (Å²) in [6, 6.07) is 10.8. The predicted octanol–water partition coefficient (Wildman–Crippen LogP) is 2.75. The lowest BCUT2D eigenvalue weighted by Gasteiger charge is -2.10. The molecular weight excluding hydrogens is 302 g/mol. The molecule has 1 amide bonds. The van der Waals surface area contributed by atoms with Crippen LogP contribution in [0, 0.1) is 6.92 Å². The van der Waals surface area contributed by atoms with Gasteiger partial charge in [-0.3, -0.25) is 4.79 Å². The number of carbonyl (C=O) groups is 1. The van der Waals surface area contributed by atoms with Gasteiger partial charge in [-0.05, 0) is 37.3 Å². The van der Waals surface area contributed by atoms with Crippen LogP contribution in [0.1, 0.15) is 22.8 Å². The molecule has 0 radical (unpaired) electrons. The Kier molecular flexibility index (Phi) is 4.51. The van der Waals surface area contributed by atoms with Gasteiger partial charge in [0.05, 0.1) is 16.3 Å². The summed E-state index contributed by atoms with van der Waals surface area (Å²) in [5.41, 5.74) is 1.52. The molecule has 2 N–H and O–H groups in total. The van der Waals surface area contributed by atoms with E-state index in [1.165, 1.54) is 25.1 Å². The van der Waals surface area contributed by atoms with Crippen LogP contribution in [0.4, 0.5) is 5.69 Å².